The van der Waals surface area contributed by atoms with E-state index in [-0.39, 0.29) is 18.0 Å². The average molecular weight is 256 g/mol. The van der Waals surface area contributed by atoms with E-state index in [2.05, 4.69) is 4.98 Å². The highest BCUT2D eigenvalue weighted by Crippen LogP contribution is 2.31. The van der Waals surface area contributed by atoms with Crippen LogP contribution in [0.1, 0.15) is 23.2 Å². The molecule has 4 nitrogen and oxygen atoms in total. The van der Waals surface area contributed by atoms with E-state index in [1.165, 1.54) is 0 Å². The molecule has 2 atom stereocenters. The smallest absolute Gasteiger partial charge is 0.256 e. The number of nitrogens with one attached hydrogen (secondary N) is 1. The van der Waals surface area contributed by atoms with Crippen LogP contribution in [0.2, 0.25) is 0 Å². The Morgan fingerprint density at radius 1 is 1.21 bits per heavy atom. The van der Waals surface area contributed by atoms with Gasteiger partial charge in [0.15, 0.2) is 0 Å². The Kier molecular flexibility index (Phi) is 2.38. The van der Waals surface area contributed by atoms with Crippen LogP contribution in [0.15, 0.2) is 30.5 Å². The molecule has 1 aromatic heterocycles. The lowest BCUT2D eigenvalue weighted by atomic mass is 10.1. The van der Waals surface area contributed by atoms with Crippen LogP contribution in [0.4, 0.5) is 0 Å². The molecule has 1 amide bonds. The van der Waals surface area contributed by atoms with Crippen LogP contribution in [0, 0.1) is 0 Å². The van der Waals surface area contributed by atoms with Crippen molar-refractivity contribution in [3.8, 4) is 0 Å². The first kappa shape index (κ1) is 11.1. The third kappa shape index (κ3) is 1.60. The van der Waals surface area contributed by atoms with E-state index < -0.39 is 0 Å². The molecule has 1 N–H and O–H groups in total. The summed E-state index contributed by atoms with van der Waals surface area (Å²) in [6.45, 7) is 1.37. The third-order valence-corrected chi connectivity index (χ3v) is 4.29. The minimum absolute atomic E-state index is 0.147. The van der Waals surface area contributed by atoms with Crippen molar-refractivity contribution in [3.05, 3.63) is 36.0 Å². The Labute approximate surface area is 111 Å². The van der Waals surface area contributed by atoms with E-state index >= 15 is 0 Å². The topological polar surface area (TPSA) is 45.3 Å². The maximum absolute atomic E-state index is 12.8. The molecule has 19 heavy (non-hydrogen) atoms. The molecule has 3 heterocycles. The van der Waals surface area contributed by atoms with Gasteiger partial charge in [-0.2, -0.15) is 0 Å². The fraction of sp³-hybridized carbons (Fsp3) is 0.400. The van der Waals surface area contributed by atoms with Gasteiger partial charge in [-0.15, -0.1) is 0 Å². The normalized spacial score (nSPS) is 26.0. The number of fused-ring (bicyclic) bond motifs is 3. The van der Waals surface area contributed by atoms with E-state index in [0.717, 1.165) is 29.3 Å². The van der Waals surface area contributed by atoms with Crippen molar-refractivity contribution in [2.75, 3.05) is 13.2 Å². The second-order valence-electron chi connectivity index (χ2n) is 5.38. The number of aromatic nitrogens is 1. The highest BCUT2D eigenvalue weighted by Gasteiger charge is 2.41. The van der Waals surface area contributed by atoms with Crippen molar-refractivity contribution in [2.45, 2.75) is 24.9 Å². The van der Waals surface area contributed by atoms with Crippen LogP contribution in [0.3, 0.4) is 0 Å². The van der Waals surface area contributed by atoms with Gasteiger partial charge in [-0.1, -0.05) is 18.2 Å². The van der Waals surface area contributed by atoms with Gasteiger partial charge in [0.25, 0.3) is 5.91 Å². The minimum atomic E-state index is 0.147. The van der Waals surface area contributed by atoms with Gasteiger partial charge in [-0.3, -0.25) is 4.79 Å². The zero-order valence-corrected chi connectivity index (χ0v) is 10.6. The molecule has 4 heteroatoms. The van der Waals surface area contributed by atoms with E-state index in [1.54, 1.807) is 0 Å². The van der Waals surface area contributed by atoms with Gasteiger partial charge in [0, 0.05) is 17.1 Å². The molecule has 0 spiro atoms. The molecular weight excluding hydrogens is 240 g/mol. The van der Waals surface area contributed by atoms with Crippen molar-refractivity contribution in [2.24, 2.45) is 0 Å². The molecule has 0 radical (unpaired) electrons. The van der Waals surface area contributed by atoms with Crippen molar-refractivity contribution >= 4 is 16.8 Å². The van der Waals surface area contributed by atoms with Gasteiger partial charge in [-0.25, -0.2) is 0 Å². The first-order chi connectivity index (χ1) is 9.34. The quantitative estimate of drug-likeness (QED) is 0.850. The maximum atomic E-state index is 12.8. The molecule has 0 saturated carbocycles. The van der Waals surface area contributed by atoms with Crippen LogP contribution in [0.5, 0.6) is 0 Å². The Bertz CT molecular complexity index is 618. The molecule has 2 bridgehead atoms. The van der Waals surface area contributed by atoms with Crippen LogP contribution in [-0.4, -0.2) is 41.1 Å². The van der Waals surface area contributed by atoms with E-state index in [0.29, 0.717) is 13.2 Å². The van der Waals surface area contributed by atoms with E-state index in [1.807, 2.05) is 35.4 Å². The summed E-state index contributed by atoms with van der Waals surface area (Å²) in [6, 6.07) is 8.48. The predicted molar refractivity (Wildman–Crippen MR) is 72.1 cm³/mol. The minimum Gasteiger partial charge on any atom is -0.377 e. The molecule has 4 rings (SSSR count). The Hall–Kier alpha value is -1.81. The number of ether oxygens (including phenoxy) is 1. The molecule has 2 unspecified atom stereocenters. The number of carbonyl (C=O) groups is 1. The second-order valence-corrected chi connectivity index (χ2v) is 5.38. The van der Waals surface area contributed by atoms with Crippen molar-refractivity contribution in [1.82, 2.24) is 9.88 Å². The summed E-state index contributed by atoms with van der Waals surface area (Å²) in [5, 5.41) is 1.01. The van der Waals surface area contributed by atoms with Gasteiger partial charge in [0.05, 0.1) is 30.9 Å². The van der Waals surface area contributed by atoms with E-state index in [9.17, 15) is 4.79 Å². The summed E-state index contributed by atoms with van der Waals surface area (Å²) >= 11 is 0. The van der Waals surface area contributed by atoms with Crippen LogP contribution >= 0.6 is 0 Å². The SMILES string of the molecule is O=C(c1c[nH]c2ccccc12)N1C2CCC1COC2. The second kappa shape index (κ2) is 4.10. The van der Waals surface area contributed by atoms with Crippen molar-refractivity contribution in [3.63, 3.8) is 0 Å². The molecule has 2 aromatic rings. The summed E-state index contributed by atoms with van der Waals surface area (Å²) in [5.41, 5.74) is 1.81. The molecule has 2 aliphatic heterocycles. The Morgan fingerprint density at radius 2 is 1.95 bits per heavy atom. The summed E-state index contributed by atoms with van der Waals surface area (Å²) in [5.74, 6) is 0.147. The van der Waals surface area contributed by atoms with Crippen LogP contribution in [-0.2, 0) is 4.74 Å². The monoisotopic (exact) mass is 256 g/mol. The lowest BCUT2D eigenvalue weighted by Crippen LogP contribution is -2.49. The number of morpholine rings is 1. The zero-order chi connectivity index (χ0) is 12.8. The molecular formula is C15H16N2O2. The number of benzene rings is 1. The van der Waals surface area contributed by atoms with Gasteiger partial charge in [0.1, 0.15) is 0 Å². The molecule has 98 valence electrons. The first-order valence-corrected chi connectivity index (χ1v) is 6.81. The van der Waals surface area contributed by atoms with Gasteiger partial charge in [0.2, 0.25) is 0 Å². The molecule has 2 saturated heterocycles. The Morgan fingerprint density at radius 3 is 2.74 bits per heavy atom. The average Bonchev–Trinajstić information content (AvgIpc) is 2.97. The summed E-state index contributed by atoms with van der Waals surface area (Å²) < 4.78 is 5.54. The number of rotatable bonds is 1. The van der Waals surface area contributed by atoms with Gasteiger partial charge < -0.3 is 14.6 Å². The third-order valence-electron chi connectivity index (χ3n) is 4.29. The number of H-pyrrole nitrogens is 1. The van der Waals surface area contributed by atoms with Crippen LogP contribution < -0.4 is 0 Å². The summed E-state index contributed by atoms with van der Waals surface area (Å²) in [7, 11) is 0. The number of nitrogens with zero attached hydrogens (tertiary/aromatic N) is 1. The number of hydrogen-bond acceptors (Lipinski definition) is 2. The lowest BCUT2D eigenvalue weighted by Gasteiger charge is -2.34. The largest absolute Gasteiger partial charge is 0.377 e. The molecule has 2 fully saturated rings. The zero-order valence-electron chi connectivity index (χ0n) is 10.6. The number of hydrogen-bond donors (Lipinski definition) is 1. The highest BCUT2D eigenvalue weighted by molar-refractivity contribution is 6.07. The standard InChI is InChI=1S/C15H16N2O2/c18-15(17-10-5-6-11(17)9-19-8-10)13-7-16-14-4-2-1-3-12(13)14/h1-4,7,10-11,16H,5-6,8-9H2. The summed E-state index contributed by atoms with van der Waals surface area (Å²) in [4.78, 5) is 18.0. The Balaban J connectivity index is 1.74. The first-order valence-electron chi connectivity index (χ1n) is 6.81. The summed E-state index contributed by atoms with van der Waals surface area (Å²) in [6.07, 6.45) is 3.97. The maximum Gasteiger partial charge on any atom is 0.256 e. The van der Waals surface area contributed by atoms with Crippen LogP contribution in [0.25, 0.3) is 10.9 Å². The van der Waals surface area contributed by atoms with Crippen molar-refractivity contribution < 1.29 is 9.53 Å². The van der Waals surface area contributed by atoms with Gasteiger partial charge in [-0.05, 0) is 18.9 Å². The fourth-order valence-electron chi connectivity index (χ4n) is 3.35. The van der Waals surface area contributed by atoms with E-state index in [4.69, 9.17) is 4.74 Å². The highest BCUT2D eigenvalue weighted by atomic mass is 16.5. The van der Waals surface area contributed by atoms with Crippen molar-refractivity contribution in [1.29, 1.82) is 0 Å². The van der Waals surface area contributed by atoms with Gasteiger partial charge >= 0.3 is 0 Å². The number of amides is 1. The fourth-order valence-corrected chi connectivity index (χ4v) is 3.35. The number of carbonyl (C=O) groups excluding carboxylic acids is 1. The molecule has 0 aliphatic carbocycles. The number of para-hydroxylation sites is 1. The molecule has 2 aliphatic rings. The molecule has 1 aromatic carbocycles. The lowest BCUT2D eigenvalue weighted by molar-refractivity contribution is -0.00705. The number of aromatic amines is 1. The predicted octanol–water partition coefficient (Wildman–Crippen LogP) is 2.17.